The van der Waals surface area contributed by atoms with Crippen LogP contribution in [-0.4, -0.2) is 61.1 Å². The first-order chi connectivity index (χ1) is 20.6. The Hall–Kier alpha value is -3.86. The minimum atomic E-state index is -1.00. The fraction of sp³-hybridized carbons (Fsp3) is 0.576. The van der Waals surface area contributed by atoms with Crippen molar-refractivity contribution in [2.45, 2.75) is 90.4 Å². The molecule has 0 saturated heterocycles. The van der Waals surface area contributed by atoms with Gasteiger partial charge >= 0.3 is 5.97 Å². The molecule has 0 radical (unpaired) electrons. The van der Waals surface area contributed by atoms with E-state index in [0.717, 1.165) is 37.0 Å². The molecule has 10 nitrogen and oxygen atoms in total. The Morgan fingerprint density at radius 1 is 1.28 bits per heavy atom. The summed E-state index contributed by atoms with van der Waals surface area (Å²) in [6.45, 7) is 7.53. The van der Waals surface area contributed by atoms with Crippen LogP contribution in [0.25, 0.3) is 0 Å². The molecule has 3 rings (SSSR count). The number of aliphatic hydroxyl groups excluding tert-OH is 1. The molecule has 1 saturated carbocycles. The van der Waals surface area contributed by atoms with E-state index in [-0.39, 0.29) is 18.0 Å². The first-order valence-corrected chi connectivity index (χ1v) is 14.5. The number of esters is 1. The van der Waals surface area contributed by atoms with Gasteiger partial charge < -0.3 is 28.9 Å². The number of hydrogen-bond donors (Lipinski definition) is 1. The number of terminal acetylenes is 1. The van der Waals surface area contributed by atoms with Crippen LogP contribution in [0, 0.1) is 46.1 Å². The normalized spacial score (nSPS) is 19.6. The summed E-state index contributed by atoms with van der Waals surface area (Å²) < 4.78 is 16.4. The summed E-state index contributed by atoms with van der Waals surface area (Å²) in [6, 6.07) is 6.36. The first kappa shape index (κ1) is 37.2. The van der Waals surface area contributed by atoms with E-state index in [1.807, 2.05) is 19.9 Å². The van der Waals surface area contributed by atoms with E-state index in [2.05, 4.69) is 53.3 Å². The Labute approximate surface area is 255 Å². The zero-order chi connectivity index (χ0) is 32.2. The average molecular weight is 600 g/mol. The van der Waals surface area contributed by atoms with Crippen molar-refractivity contribution in [2.24, 2.45) is 11.8 Å². The van der Waals surface area contributed by atoms with Crippen LogP contribution in [0.3, 0.4) is 0 Å². The lowest BCUT2D eigenvalue weighted by molar-refractivity contribution is -0.763. The number of nitrogens with zero attached hydrogens (tertiary/aromatic N) is 1. The highest BCUT2D eigenvalue weighted by Crippen LogP contribution is 2.52. The molecule has 0 bridgehead atoms. The van der Waals surface area contributed by atoms with E-state index in [1.165, 1.54) is 12.5 Å². The molecule has 10 heteroatoms. The number of aldehydes is 1. The molecule has 43 heavy (non-hydrogen) atoms. The molecular formula is C33H45NO9. The highest BCUT2D eigenvalue weighted by Gasteiger charge is 2.44. The van der Waals surface area contributed by atoms with Gasteiger partial charge in [0.05, 0.1) is 12.7 Å². The van der Waals surface area contributed by atoms with Gasteiger partial charge in [0.25, 0.3) is 5.09 Å². The second-order valence-corrected chi connectivity index (χ2v) is 10.3. The summed E-state index contributed by atoms with van der Waals surface area (Å²) in [7, 11) is 1.59. The fourth-order valence-electron chi connectivity index (χ4n) is 4.85. The molecule has 6 unspecified atom stereocenters. The smallest absolute Gasteiger partial charge is 0.305 e. The van der Waals surface area contributed by atoms with Gasteiger partial charge in [-0.25, -0.2) is 0 Å². The predicted octanol–water partition coefficient (Wildman–Crippen LogP) is 4.84. The van der Waals surface area contributed by atoms with Crippen molar-refractivity contribution in [3.05, 3.63) is 51.6 Å². The number of methoxy groups -OCH3 is 1. The van der Waals surface area contributed by atoms with Crippen molar-refractivity contribution in [2.75, 3.05) is 20.3 Å². The van der Waals surface area contributed by atoms with E-state index in [4.69, 9.17) is 14.2 Å². The Balaban J connectivity index is 0.000000718. The molecule has 1 N–H and O–H groups in total. The average Bonchev–Trinajstić information content (AvgIpc) is 3.55. The molecule has 1 aliphatic heterocycles. The van der Waals surface area contributed by atoms with Crippen molar-refractivity contribution in [1.82, 2.24) is 0 Å². The summed E-state index contributed by atoms with van der Waals surface area (Å²) >= 11 is 0. The number of rotatable bonds is 14. The van der Waals surface area contributed by atoms with E-state index in [1.54, 1.807) is 14.0 Å². The molecule has 2 aliphatic rings. The molecule has 1 heterocycles. The molecule has 1 aromatic carbocycles. The summed E-state index contributed by atoms with van der Waals surface area (Å²) in [5.74, 6) is 9.83. The lowest BCUT2D eigenvalue weighted by Gasteiger charge is -2.17. The molecule has 236 valence electrons. The number of benzene rings is 1. The van der Waals surface area contributed by atoms with Gasteiger partial charge in [0.2, 0.25) is 0 Å². The minimum absolute atomic E-state index is 0.121. The van der Waals surface area contributed by atoms with Crippen LogP contribution >= 0.6 is 0 Å². The fourth-order valence-corrected chi connectivity index (χ4v) is 4.85. The molecule has 6 atom stereocenters. The van der Waals surface area contributed by atoms with Crippen molar-refractivity contribution in [1.29, 1.82) is 0 Å². The van der Waals surface area contributed by atoms with Gasteiger partial charge in [0, 0.05) is 31.4 Å². The van der Waals surface area contributed by atoms with Gasteiger partial charge in [-0.3, -0.25) is 4.79 Å². The van der Waals surface area contributed by atoms with E-state index >= 15 is 0 Å². The van der Waals surface area contributed by atoms with Crippen LogP contribution in [0.4, 0.5) is 0 Å². The molecule has 1 aliphatic carbocycles. The van der Waals surface area contributed by atoms with Gasteiger partial charge in [-0.2, -0.15) is 0 Å². The topological polar surface area (TPSA) is 134 Å². The van der Waals surface area contributed by atoms with E-state index in [0.29, 0.717) is 44.2 Å². The molecule has 1 fully saturated rings. The Morgan fingerprint density at radius 2 is 2.00 bits per heavy atom. The maximum atomic E-state index is 11.8. The summed E-state index contributed by atoms with van der Waals surface area (Å²) in [5, 5.41) is 18.9. The second kappa shape index (κ2) is 20.9. The number of fused-ring (bicyclic) bond motifs is 3. The largest absolute Gasteiger partial charge is 0.489 e. The summed E-state index contributed by atoms with van der Waals surface area (Å²) in [6.07, 6.45) is 12.5. The van der Waals surface area contributed by atoms with Crippen molar-refractivity contribution in [3.8, 4) is 29.9 Å². The van der Waals surface area contributed by atoms with Crippen LogP contribution < -0.4 is 4.74 Å². The zero-order valence-electron chi connectivity index (χ0n) is 25.8. The number of hydrogen-bond acceptors (Lipinski definition) is 9. The van der Waals surface area contributed by atoms with E-state index < -0.39 is 17.3 Å². The van der Waals surface area contributed by atoms with Crippen molar-refractivity contribution in [3.63, 3.8) is 0 Å². The number of para-hydroxylation sites is 1. The highest BCUT2D eigenvalue weighted by molar-refractivity contribution is 5.69. The number of aryl methyl sites for hydroxylation is 1. The number of allylic oxidation sites excluding steroid dienone is 1. The Morgan fingerprint density at radius 3 is 2.60 bits per heavy atom. The predicted molar refractivity (Wildman–Crippen MR) is 163 cm³/mol. The first-order valence-electron chi connectivity index (χ1n) is 14.5. The van der Waals surface area contributed by atoms with Crippen LogP contribution in [0.2, 0.25) is 0 Å². The van der Waals surface area contributed by atoms with Crippen LogP contribution in [0.5, 0.6) is 5.75 Å². The maximum Gasteiger partial charge on any atom is 0.305 e. The van der Waals surface area contributed by atoms with Gasteiger partial charge in [-0.15, -0.1) is 34.3 Å². The molecule has 0 amide bonds. The summed E-state index contributed by atoms with van der Waals surface area (Å²) in [5.41, 5.74) is 2.43. The molecule has 1 aromatic rings. The minimum Gasteiger partial charge on any atom is -0.489 e. The Bertz CT molecular complexity index is 1150. The lowest BCUT2D eigenvalue weighted by atomic mass is 9.86. The third-order valence-corrected chi connectivity index (χ3v) is 6.96. The second-order valence-electron chi connectivity index (χ2n) is 10.3. The van der Waals surface area contributed by atoms with Crippen LogP contribution in [0.15, 0.2) is 30.4 Å². The number of aliphatic hydroxyl groups is 1. The number of ether oxygens (including phenoxy) is 3. The zero-order valence-corrected chi connectivity index (χ0v) is 25.8. The molecular weight excluding hydrogens is 554 g/mol. The summed E-state index contributed by atoms with van der Waals surface area (Å²) in [4.78, 5) is 34.6. The lowest BCUT2D eigenvalue weighted by Crippen LogP contribution is -2.17. The maximum absolute atomic E-state index is 11.8. The standard InChI is InChI=1S/C27H36O5.C3H5NO4.C3H4/c1-4-5-8-19(2)23(28)15-13-20-14-16-24-26(20)22-11-6-9-21(27(22)32-24)10-7-12-25(29)31-18-17-30-3;1-3(2-5)8-4(6)7;1-3-2/h6,9,11,13,15,19-20,23-24,26,28H,7-8,10,12,14,16-18H2,1-3H3;2-3H,1H3;1H,2H3/b15-13+;;. The van der Waals surface area contributed by atoms with Gasteiger partial charge in [0.1, 0.15) is 24.7 Å². The third kappa shape index (κ3) is 13.3. The molecule has 0 aromatic heterocycles. The van der Waals surface area contributed by atoms with Crippen LogP contribution in [-0.2, 0) is 30.3 Å². The third-order valence-electron chi connectivity index (χ3n) is 6.96. The van der Waals surface area contributed by atoms with Gasteiger partial charge in [0.15, 0.2) is 6.10 Å². The monoisotopic (exact) mass is 599 g/mol. The SMILES string of the molecule is C#CC.CC#CCC(C)C(O)/C=C/C1CCC2Oc3c(CCCC(=O)OCCOC)cccc3C12.CC(C=O)O[N+](=O)[O-]. The highest BCUT2D eigenvalue weighted by atomic mass is 17.0. The van der Waals surface area contributed by atoms with Crippen molar-refractivity contribution >= 4 is 12.3 Å². The van der Waals surface area contributed by atoms with Gasteiger partial charge in [-0.05, 0) is 63.9 Å². The van der Waals surface area contributed by atoms with Gasteiger partial charge in [-0.1, -0.05) is 37.3 Å². The van der Waals surface area contributed by atoms with Crippen molar-refractivity contribution < 1.29 is 38.8 Å². The van der Waals surface area contributed by atoms with Crippen LogP contribution in [0.1, 0.15) is 76.8 Å². The number of carbonyl (C=O) groups excluding carboxylic acids is 2. The number of carbonyl (C=O) groups is 2. The molecule has 0 spiro atoms. The Kier molecular flexibility index (Phi) is 18.1. The van der Waals surface area contributed by atoms with E-state index in [9.17, 15) is 24.8 Å². The quantitative estimate of drug-likeness (QED) is 0.0606.